The van der Waals surface area contributed by atoms with Crippen molar-refractivity contribution in [3.63, 3.8) is 0 Å². The summed E-state index contributed by atoms with van der Waals surface area (Å²) in [5.74, 6) is -1.23. The molecule has 2 aromatic rings. The minimum atomic E-state index is -5.07. The summed E-state index contributed by atoms with van der Waals surface area (Å²) >= 11 is 0. The van der Waals surface area contributed by atoms with Gasteiger partial charge in [-0.05, 0) is 6.07 Å². The lowest BCUT2D eigenvalue weighted by Crippen LogP contribution is -2.11. The van der Waals surface area contributed by atoms with Gasteiger partial charge in [-0.2, -0.15) is 16.8 Å². The van der Waals surface area contributed by atoms with Crippen LogP contribution in [0.25, 0.3) is 10.8 Å². The predicted octanol–water partition coefficient (Wildman–Crippen LogP) is 0.997. The second kappa shape index (κ2) is 5.45. The van der Waals surface area contributed by atoms with Crippen LogP contribution < -0.4 is 5.32 Å². The van der Waals surface area contributed by atoms with Crippen LogP contribution in [-0.4, -0.2) is 37.0 Å². The van der Waals surface area contributed by atoms with E-state index in [1.807, 2.05) is 0 Å². The first-order valence-corrected chi connectivity index (χ1v) is 8.82. The maximum Gasteiger partial charge on any atom is 0.296 e. The molecule has 0 aliphatic heterocycles. The van der Waals surface area contributed by atoms with Crippen molar-refractivity contribution in [2.45, 2.75) is 16.7 Å². The number of phenols is 1. The number of fused-ring (bicyclic) bond motifs is 1. The predicted molar refractivity (Wildman–Crippen MR) is 79.5 cm³/mol. The molecular weight excluding hydrogens is 350 g/mol. The number of phenolic OH excluding ortho intramolecular Hbond substituents is 1. The third-order valence-corrected chi connectivity index (χ3v) is 4.87. The molecule has 2 rings (SSSR count). The van der Waals surface area contributed by atoms with Gasteiger partial charge < -0.3 is 10.4 Å². The Labute approximate surface area is 131 Å². The van der Waals surface area contributed by atoms with E-state index < -0.39 is 41.7 Å². The largest absolute Gasteiger partial charge is 0.507 e. The third-order valence-electron chi connectivity index (χ3n) is 2.90. The molecule has 0 aromatic heterocycles. The SMILES string of the molecule is CC(=O)Nc1cccc2c(S(=O)(=O)O)c(S(=O)(=O)O)cc(O)c12. The van der Waals surface area contributed by atoms with Crippen LogP contribution in [0.5, 0.6) is 5.75 Å². The van der Waals surface area contributed by atoms with E-state index in [0.717, 1.165) is 6.07 Å². The van der Waals surface area contributed by atoms with Crippen LogP contribution in [0.15, 0.2) is 34.1 Å². The molecule has 0 fully saturated rings. The fraction of sp³-hybridized carbons (Fsp3) is 0.0833. The van der Waals surface area contributed by atoms with E-state index in [9.17, 15) is 31.3 Å². The highest BCUT2D eigenvalue weighted by molar-refractivity contribution is 7.89. The maximum absolute atomic E-state index is 11.6. The first-order valence-electron chi connectivity index (χ1n) is 5.94. The average Bonchev–Trinajstić information content (AvgIpc) is 2.34. The van der Waals surface area contributed by atoms with Gasteiger partial charge in [0.25, 0.3) is 20.2 Å². The lowest BCUT2D eigenvalue weighted by atomic mass is 10.1. The molecule has 0 saturated heterocycles. The normalized spacial score (nSPS) is 12.3. The summed E-state index contributed by atoms with van der Waals surface area (Å²) in [5.41, 5.74) is -0.000659. The minimum absolute atomic E-state index is 0.000659. The summed E-state index contributed by atoms with van der Waals surface area (Å²) in [6.07, 6.45) is 0. The molecule has 9 nitrogen and oxygen atoms in total. The van der Waals surface area contributed by atoms with E-state index in [1.54, 1.807) is 0 Å². The van der Waals surface area contributed by atoms with Crippen molar-refractivity contribution in [3.8, 4) is 5.75 Å². The van der Waals surface area contributed by atoms with Gasteiger partial charge in [-0.25, -0.2) is 0 Å². The number of aromatic hydroxyl groups is 1. The van der Waals surface area contributed by atoms with E-state index in [4.69, 9.17) is 4.55 Å². The second-order valence-corrected chi connectivity index (χ2v) is 7.33. The van der Waals surface area contributed by atoms with E-state index in [-0.39, 0.29) is 16.5 Å². The number of amides is 1. The Hall–Kier alpha value is -2.21. The van der Waals surface area contributed by atoms with E-state index in [1.165, 1.54) is 19.1 Å². The van der Waals surface area contributed by atoms with Gasteiger partial charge in [0.15, 0.2) is 0 Å². The molecule has 0 unspecified atom stereocenters. The van der Waals surface area contributed by atoms with E-state index in [2.05, 4.69) is 5.32 Å². The zero-order valence-corrected chi connectivity index (χ0v) is 13.1. The summed E-state index contributed by atoms with van der Waals surface area (Å²) in [6.45, 7) is 1.17. The Morgan fingerprint density at radius 2 is 1.70 bits per heavy atom. The van der Waals surface area contributed by atoms with Gasteiger partial charge in [-0.1, -0.05) is 12.1 Å². The van der Waals surface area contributed by atoms with Gasteiger partial charge in [0.2, 0.25) is 5.91 Å². The van der Waals surface area contributed by atoms with Crippen LogP contribution in [0.3, 0.4) is 0 Å². The molecule has 0 aliphatic carbocycles. The molecule has 124 valence electrons. The lowest BCUT2D eigenvalue weighted by Gasteiger charge is -2.13. The third kappa shape index (κ3) is 3.27. The summed E-state index contributed by atoms with van der Waals surface area (Å²) in [5, 5.41) is 11.7. The topological polar surface area (TPSA) is 158 Å². The monoisotopic (exact) mass is 361 g/mol. The fourth-order valence-electron chi connectivity index (χ4n) is 2.16. The van der Waals surface area contributed by atoms with E-state index in [0.29, 0.717) is 6.07 Å². The average molecular weight is 361 g/mol. The lowest BCUT2D eigenvalue weighted by molar-refractivity contribution is -0.114. The maximum atomic E-state index is 11.6. The van der Waals surface area contributed by atoms with Crippen molar-refractivity contribution in [2.24, 2.45) is 0 Å². The Morgan fingerprint density at radius 1 is 1.09 bits per heavy atom. The summed E-state index contributed by atoms with van der Waals surface area (Å²) < 4.78 is 64.3. The molecule has 4 N–H and O–H groups in total. The number of hydrogen-bond donors (Lipinski definition) is 4. The highest BCUT2D eigenvalue weighted by Gasteiger charge is 2.29. The molecule has 23 heavy (non-hydrogen) atoms. The molecule has 0 heterocycles. The van der Waals surface area contributed by atoms with Crippen molar-refractivity contribution in [1.29, 1.82) is 0 Å². The van der Waals surface area contributed by atoms with Gasteiger partial charge in [0, 0.05) is 23.8 Å². The zero-order chi connectivity index (χ0) is 17.6. The quantitative estimate of drug-likeness (QED) is 0.589. The number of rotatable bonds is 3. The second-order valence-electron chi connectivity index (χ2n) is 4.58. The molecule has 0 aliphatic rings. The number of nitrogens with one attached hydrogen (secondary N) is 1. The standard InChI is InChI=1S/C12H11NO8S2/c1-6(14)13-8-4-2-3-7-11(8)9(15)5-10(22(16,17)18)12(7)23(19,20)21/h2-5,15H,1H3,(H,13,14)(H,16,17,18)(H,19,20,21). The molecular formula is C12H11NO8S2. The molecule has 0 atom stereocenters. The van der Waals surface area contributed by atoms with Crippen LogP contribution in [-0.2, 0) is 25.0 Å². The number of anilines is 1. The molecule has 0 spiro atoms. The summed E-state index contributed by atoms with van der Waals surface area (Å²) in [6, 6.07) is 4.20. The van der Waals surface area contributed by atoms with Crippen molar-refractivity contribution in [2.75, 3.05) is 5.32 Å². The first-order chi connectivity index (χ1) is 10.4. The van der Waals surface area contributed by atoms with Crippen LogP contribution in [0, 0.1) is 0 Å². The highest BCUT2D eigenvalue weighted by Crippen LogP contribution is 2.39. The number of carbonyl (C=O) groups is 1. The Kier molecular flexibility index (Phi) is 4.07. The molecule has 0 radical (unpaired) electrons. The first kappa shape index (κ1) is 17.1. The van der Waals surface area contributed by atoms with Crippen molar-refractivity contribution >= 4 is 42.6 Å². The zero-order valence-electron chi connectivity index (χ0n) is 11.5. The van der Waals surface area contributed by atoms with Crippen molar-refractivity contribution in [3.05, 3.63) is 24.3 Å². The van der Waals surface area contributed by atoms with Gasteiger partial charge in [0.05, 0.1) is 5.69 Å². The Bertz CT molecular complexity index is 1020. The fourth-order valence-corrected chi connectivity index (χ4v) is 4.16. The van der Waals surface area contributed by atoms with Crippen LogP contribution in [0.4, 0.5) is 5.69 Å². The van der Waals surface area contributed by atoms with Crippen molar-refractivity contribution < 1.29 is 35.8 Å². The van der Waals surface area contributed by atoms with Gasteiger partial charge in [-0.3, -0.25) is 13.9 Å². The number of carbonyl (C=O) groups excluding carboxylic acids is 1. The minimum Gasteiger partial charge on any atom is -0.507 e. The van der Waals surface area contributed by atoms with E-state index >= 15 is 0 Å². The Balaban J connectivity index is 3.10. The van der Waals surface area contributed by atoms with Crippen LogP contribution in [0.2, 0.25) is 0 Å². The number of benzene rings is 2. The molecule has 0 saturated carbocycles. The Morgan fingerprint density at radius 3 is 2.17 bits per heavy atom. The molecule has 1 amide bonds. The van der Waals surface area contributed by atoms with Crippen molar-refractivity contribution in [1.82, 2.24) is 0 Å². The van der Waals surface area contributed by atoms with Gasteiger partial charge >= 0.3 is 0 Å². The molecule has 11 heteroatoms. The van der Waals surface area contributed by atoms with Gasteiger partial charge in [-0.15, -0.1) is 0 Å². The molecule has 2 aromatic carbocycles. The highest BCUT2D eigenvalue weighted by atomic mass is 32.2. The molecule has 0 bridgehead atoms. The smallest absolute Gasteiger partial charge is 0.296 e. The summed E-state index contributed by atoms with van der Waals surface area (Å²) in [4.78, 5) is 8.91. The number of hydrogen-bond acceptors (Lipinski definition) is 6. The van der Waals surface area contributed by atoms with Crippen LogP contribution >= 0.6 is 0 Å². The van der Waals surface area contributed by atoms with Gasteiger partial charge in [0.1, 0.15) is 15.5 Å². The van der Waals surface area contributed by atoms with Crippen LogP contribution in [0.1, 0.15) is 6.92 Å². The summed E-state index contributed by atoms with van der Waals surface area (Å²) in [7, 11) is -10.1.